The summed E-state index contributed by atoms with van der Waals surface area (Å²) in [5, 5.41) is 2.82. The van der Waals surface area contributed by atoms with Crippen molar-refractivity contribution in [1.82, 2.24) is 0 Å². The molecule has 4 rings (SSSR count). The summed E-state index contributed by atoms with van der Waals surface area (Å²) in [7, 11) is 1.51. The third-order valence-electron chi connectivity index (χ3n) is 6.99. The number of hydrogen-bond acceptors (Lipinski definition) is 6. The zero-order valence-corrected chi connectivity index (χ0v) is 24.1. The predicted molar refractivity (Wildman–Crippen MR) is 162 cm³/mol. The molecule has 0 unspecified atom stereocenters. The highest BCUT2D eigenvalue weighted by atomic mass is 16.5. The molecule has 0 saturated carbocycles. The van der Waals surface area contributed by atoms with Gasteiger partial charge in [-0.15, -0.1) is 0 Å². The van der Waals surface area contributed by atoms with E-state index >= 15 is 0 Å². The van der Waals surface area contributed by atoms with Gasteiger partial charge < -0.3 is 19.5 Å². The molecule has 1 amide bonds. The number of hydrogen-bond donors (Lipinski definition) is 1. The summed E-state index contributed by atoms with van der Waals surface area (Å²) < 4.78 is 16.1. The van der Waals surface area contributed by atoms with Gasteiger partial charge in [-0.2, -0.15) is 0 Å². The molecule has 0 fully saturated rings. The van der Waals surface area contributed by atoms with Crippen molar-refractivity contribution in [1.29, 1.82) is 0 Å². The molecule has 0 aliphatic rings. The van der Waals surface area contributed by atoms with E-state index in [0.29, 0.717) is 29.2 Å². The SMILES string of the molecule is COc1cccc(C(=O)COC(=O)CCCC(=O)Nc2ccc(Oc3ccc(C(C)(C)c4ccccc4)cc3)cc2)c1. The first-order valence-corrected chi connectivity index (χ1v) is 13.8. The van der Waals surface area contributed by atoms with Crippen molar-refractivity contribution < 1.29 is 28.6 Å². The Morgan fingerprint density at radius 3 is 2.02 bits per heavy atom. The van der Waals surface area contributed by atoms with Crippen molar-refractivity contribution >= 4 is 23.3 Å². The number of nitrogens with one attached hydrogen (secondary N) is 1. The molecule has 216 valence electrons. The summed E-state index contributed by atoms with van der Waals surface area (Å²) in [6.45, 7) is 4.04. The van der Waals surface area contributed by atoms with Crippen molar-refractivity contribution in [2.24, 2.45) is 0 Å². The van der Waals surface area contributed by atoms with Crippen LogP contribution in [0.5, 0.6) is 17.2 Å². The molecule has 42 heavy (non-hydrogen) atoms. The van der Waals surface area contributed by atoms with E-state index in [2.05, 4.69) is 43.4 Å². The molecule has 4 aromatic carbocycles. The fourth-order valence-corrected chi connectivity index (χ4v) is 4.42. The van der Waals surface area contributed by atoms with Crippen molar-refractivity contribution in [3.8, 4) is 17.2 Å². The van der Waals surface area contributed by atoms with Crippen LogP contribution in [0.4, 0.5) is 5.69 Å². The number of ketones is 1. The lowest BCUT2D eigenvalue weighted by molar-refractivity contribution is -0.142. The van der Waals surface area contributed by atoms with Crippen molar-refractivity contribution in [2.45, 2.75) is 38.5 Å². The van der Waals surface area contributed by atoms with Crippen LogP contribution >= 0.6 is 0 Å². The smallest absolute Gasteiger partial charge is 0.306 e. The monoisotopic (exact) mass is 565 g/mol. The van der Waals surface area contributed by atoms with Gasteiger partial charge in [-0.25, -0.2) is 0 Å². The van der Waals surface area contributed by atoms with Crippen LogP contribution in [0.3, 0.4) is 0 Å². The fourth-order valence-electron chi connectivity index (χ4n) is 4.42. The summed E-state index contributed by atoms with van der Waals surface area (Å²) >= 11 is 0. The van der Waals surface area contributed by atoms with Gasteiger partial charge >= 0.3 is 5.97 Å². The standard InChI is InChI=1S/C35H35NO6/c1-35(2,26-10-5-4-6-11-26)27-15-19-29(20-16-27)42-30-21-17-28(18-22-30)36-33(38)13-8-14-34(39)41-24-32(37)25-9-7-12-31(23-25)40-3/h4-7,9-12,15-23H,8,13-14,24H2,1-3H3,(H,36,38). The molecule has 7 heteroatoms. The lowest BCUT2D eigenvalue weighted by Crippen LogP contribution is -2.18. The van der Waals surface area contributed by atoms with Gasteiger partial charge in [0, 0.05) is 29.5 Å². The highest BCUT2D eigenvalue weighted by Crippen LogP contribution is 2.33. The number of esters is 1. The van der Waals surface area contributed by atoms with Crippen LogP contribution in [0.1, 0.15) is 54.6 Å². The first-order valence-electron chi connectivity index (χ1n) is 13.8. The Kier molecular flexibility index (Phi) is 10.1. The van der Waals surface area contributed by atoms with Crippen LogP contribution in [-0.4, -0.2) is 31.4 Å². The first kappa shape index (κ1) is 30.1. The molecule has 1 N–H and O–H groups in total. The summed E-state index contributed by atoms with van der Waals surface area (Å²) in [5.41, 5.74) is 3.33. The largest absolute Gasteiger partial charge is 0.497 e. The van der Waals surface area contributed by atoms with Gasteiger partial charge in [0.25, 0.3) is 0 Å². The van der Waals surface area contributed by atoms with Gasteiger partial charge in [-0.3, -0.25) is 14.4 Å². The van der Waals surface area contributed by atoms with Gasteiger partial charge in [0.15, 0.2) is 12.4 Å². The number of Topliss-reactive ketones (excluding diaryl/α,β-unsaturated/α-hetero) is 1. The van der Waals surface area contributed by atoms with E-state index < -0.39 is 5.97 Å². The average molecular weight is 566 g/mol. The Morgan fingerprint density at radius 2 is 1.36 bits per heavy atom. The molecule has 0 aliphatic heterocycles. The van der Waals surface area contributed by atoms with Crippen LogP contribution in [0.15, 0.2) is 103 Å². The van der Waals surface area contributed by atoms with E-state index in [-0.39, 0.29) is 36.6 Å². The van der Waals surface area contributed by atoms with E-state index in [9.17, 15) is 14.4 Å². The van der Waals surface area contributed by atoms with E-state index in [1.54, 1.807) is 48.5 Å². The summed E-state index contributed by atoms with van der Waals surface area (Å²) in [5.74, 6) is 0.842. The molecular weight excluding hydrogens is 530 g/mol. The van der Waals surface area contributed by atoms with Crippen LogP contribution < -0.4 is 14.8 Å². The number of amides is 1. The topological polar surface area (TPSA) is 90.9 Å². The Morgan fingerprint density at radius 1 is 0.714 bits per heavy atom. The molecule has 0 heterocycles. The van der Waals surface area contributed by atoms with Crippen molar-refractivity contribution in [3.05, 3.63) is 120 Å². The second-order valence-electron chi connectivity index (χ2n) is 10.4. The van der Waals surface area contributed by atoms with Gasteiger partial charge in [0.1, 0.15) is 17.2 Å². The Labute approximate surface area is 246 Å². The number of anilines is 1. The summed E-state index contributed by atoms with van der Waals surface area (Å²) in [6.07, 6.45) is 0.478. The lowest BCUT2D eigenvalue weighted by Gasteiger charge is -2.26. The van der Waals surface area contributed by atoms with Gasteiger partial charge in [0.05, 0.1) is 7.11 Å². The Balaban J connectivity index is 1.18. The highest BCUT2D eigenvalue weighted by Gasteiger charge is 2.22. The minimum Gasteiger partial charge on any atom is -0.497 e. The minimum absolute atomic E-state index is 0.0346. The van der Waals surface area contributed by atoms with Gasteiger partial charge in [0.2, 0.25) is 5.91 Å². The Hall–Kier alpha value is -4.91. The fraction of sp³-hybridized carbons (Fsp3) is 0.229. The quantitative estimate of drug-likeness (QED) is 0.135. The number of ether oxygens (including phenoxy) is 3. The first-order chi connectivity index (χ1) is 20.2. The molecule has 0 aromatic heterocycles. The zero-order valence-electron chi connectivity index (χ0n) is 24.1. The van der Waals surface area contributed by atoms with Crippen LogP contribution in [0.2, 0.25) is 0 Å². The van der Waals surface area contributed by atoms with E-state index in [0.717, 1.165) is 5.75 Å². The normalized spacial score (nSPS) is 10.9. The zero-order chi connectivity index (χ0) is 30.0. The van der Waals surface area contributed by atoms with Crippen LogP contribution in [0.25, 0.3) is 0 Å². The van der Waals surface area contributed by atoms with Crippen molar-refractivity contribution in [2.75, 3.05) is 19.0 Å². The molecule has 0 radical (unpaired) electrons. The maximum atomic E-state index is 12.3. The van der Waals surface area contributed by atoms with E-state index in [4.69, 9.17) is 14.2 Å². The minimum atomic E-state index is -0.530. The molecule has 7 nitrogen and oxygen atoms in total. The molecule has 0 atom stereocenters. The summed E-state index contributed by atoms with van der Waals surface area (Å²) in [6, 6.07) is 32.2. The molecule has 0 bridgehead atoms. The summed E-state index contributed by atoms with van der Waals surface area (Å²) in [4.78, 5) is 36.6. The van der Waals surface area contributed by atoms with Crippen LogP contribution in [0, 0.1) is 0 Å². The van der Waals surface area contributed by atoms with Gasteiger partial charge in [-0.05, 0) is 66.1 Å². The van der Waals surface area contributed by atoms with E-state index in [1.165, 1.54) is 18.2 Å². The molecule has 0 saturated heterocycles. The van der Waals surface area contributed by atoms with Crippen LogP contribution in [-0.2, 0) is 19.7 Å². The third-order valence-corrected chi connectivity index (χ3v) is 6.99. The highest BCUT2D eigenvalue weighted by molar-refractivity contribution is 5.98. The second-order valence-corrected chi connectivity index (χ2v) is 10.4. The lowest BCUT2D eigenvalue weighted by atomic mass is 9.78. The number of methoxy groups -OCH3 is 1. The average Bonchev–Trinajstić information content (AvgIpc) is 3.01. The number of rotatable bonds is 13. The number of carbonyl (C=O) groups is 3. The Bertz CT molecular complexity index is 1500. The second kappa shape index (κ2) is 14.1. The van der Waals surface area contributed by atoms with Gasteiger partial charge in [-0.1, -0.05) is 68.4 Å². The number of benzene rings is 4. The molecule has 4 aromatic rings. The maximum Gasteiger partial charge on any atom is 0.306 e. The molecular formula is C35H35NO6. The maximum absolute atomic E-state index is 12.3. The predicted octanol–water partition coefficient (Wildman–Crippen LogP) is 7.35. The molecule has 0 aliphatic carbocycles. The molecule has 0 spiro atoms. The van der Waals surface area contributed by atoms with Crippen molar-refractivity contribution in [3.63, 3.8) is 0 Å². The number of carbonyl (C=O) groups excluding carboxylic acids is 3. The third kappa shape index (κ3) is 8.30. The van der Waals surface area contributed by atoms with E-state index in [1.807, 2.05) is 30.3 Å².